The van der Waals surface area contributed by atoms with Crippen molar-refractivity contribution in [3.8, 4) is 11.3 Å². The second-order valence-electron chi connectivity index (χ2n) is 4.67. The maximum Gasteiger partial charge on any atom is 0.257 e. The number of hydrogen-bond acceptors (Lipinski definition) is 4. The van der Waals surface area contributed by atoms with Gasteiger partial charge in [0.15, 0.2) is 0 Å². The van der Waals surface area contributed by atoms with E-state index in [0.717, 1.165) is 6.54 Å². The SMILES string of the molecule is CCNCCNC(=O)c1c(-c2c(F)cccc2Cl)noc1C. The fourth-order valence-electron chi connectivity index (χ4n) is 2.06. The van der Waals surface area contributed by atoms with Crippen LogP contribution < -0.4 is 10.6 Å². The van der Waals surface area contributed by atoms with E-state index < -0.39 is 5.82 Å². The first-order valence-corrected chi connectivity index (χ1v) is 7.33. The molecule has 0 bridgehead atoms. The van der Waals surface area contributed by atoms with Crippen molar-refractivity contribution in [3.63, 3.8) is 0 Å². The summed E-state index contributed by atoms with van der Waals surface area (Å²) in [4.78, 5) is 12.3. The summed E-state index contributed by atoms with van der Waals surface area (Å²) in [7, 11) is 0. The number of nitrogens with zero attached hydrogens (tertiary/aromatic N) is 1. The van der Waals surface area contributed by atoms with Gasteiger partial charge in [-0.2, -0.15) is 0 Å². The van der Waals surface area contributed by atoms with E-state index in [-0.39, 0.29) is 27.8 Å². The second-order valence-corrected chi connectivity index (χ2v) is 5.08. The summed E-state index contributed by atoms with van der Waals surface area (Å²) in [6.45, 7) is 5.48. The number of nitrogens with one attached hydrogen (secondary N) is 2. The summed E-state index contributed by atoms with van der Waals surface area (Å²) in [6.07, 6.45) is 0. The van der Waals surface area contributed by atoms with Gasteiger partial charge in [-0.25, -0.2) is 4.39 Å². The van der Waals surface area contributed by atoms with Crippen LogP contribution in [0.4, 0.5) is 4.39 Å². The highest BCUT2D eigenvalue weighted by Gasteiger charge is 2.25. The van der Waals surface area contributed by atoms with Gasteiger partial charge in [-0.1, -0.05) is 29.7 Å². The van der Waals surface area contributed by atoms with Crippen molar-refractivity contribution in [1.82, 2.24) is 15.8 Å². The molecular weight excluding hydrogens is 309 g/mol. The molecule has 0 aliphatic carbocycles. The van der Waals surface area contributed by atoms with Crippen LogP contribution in [-0.4, -0.2) is 30.7 Å². The molecule has 1 aromatic heterocycles. The average Bonchev–Trinajstić information content (AvgIpc) is 2.85. The Morgan fingerprint density at radius 2 is 2.18 bits per heavy atom. The highest BCUT2D eigenvalue weighted by molar-refractivity contribution is 6.33. The third-order valence-corrected chi connectivity index (χ3v) is 3.44. The lowest BCUT2D eigenvalue weighted by atomic mass is 10.0. The van der Waals surface area contributed by atoms with Gasteiger partial charge < -0.3 is 15.2 Å². The number of rotatable bonds is 6. The van der Waals surface area contributed by atoms with Gasteiger partial charge in [0.25, 0.3) is 5.91 Å². The Balaban J connectivity index is 2.30. The van der Waals surface area contributed by atoms with E-state index in [1.54, 1.807) is 6.92 Å². The van der Waals surface area contributed by atoms with Crippen molar-refractivity contribution in [2.75, 3.05) is 19.6 Å². The van der Waals surface area contributed by atoms with E-state index in [1.807, 2.05) is 6.92 Å². The van der Waals surface area contributed by atoms with Crippen LogP contribution in [0.25, 0.3) is 11.3 Å². The Morgan fingerprint density at radius 1 is 1.41 bits per heavy atom. The molecular formula is C15H17ClFN3O2. The van der Waals surface area contributed by atoms with Gasteiger partial charge in [-0.3, -0.25) is 4.79 Å². The molecule has 0 atom stereocenters. The van der Waals surface area contributed by atoms with Crippen molar-refractivity contribution in [3.05, 3.63) is 40.4 Å². The molecule has 1 amide bonds. The average molecular weight is 326 g/mol. The monoisotopic (exact) mass is 325 g/mol. The first-order chi connectivity index (χ1) is 10.6. The number of hydrogen-bond donors (Lipinski definition) is 2. The Bertz CT molecular complexity index is 653. The molecule has 0 aliphatic rings. The smallest absolute Gasteiger partial charge is 0.257 e. The predicted octanol–water partition coefficient (Wildman–Crippen LogP) is 2.78. The van der Waals surface area contributed by atoms with Crippen LogP contribution >= 0.6 is 11.6 Å². The van der Waals surface area contributed by atoms with Gasteiger partial charge >= 0.3 is 0 Å². The minimum atomic E-state index is -0.553. The second kappa shape index (κ2) is 7.38. The predicted molar refractivity (Wildman–Crippen MR) is 82.5 cm³/mol. The van der Waals surface area contributed by atoms with Crippen molar-refractivity contribution in [1.29, 1.82) is 0 Å². The first-order valence-electron chi connectivity index (χ1n) is 6.95. The topological polar surface area (TPSA) is 67.2 Å². The summed E-state index contributed by atoms with van der Waals surface area (Å²) in [5.41, 5.74) is 0.378. The third-order valence-electron chi connectivity index (χ3n) is 3.13. The maximum absolute atomic E-state index is 14.0. The van der Waals surface area contributed by atoms with E-state index >= 15 is 0 Å². The van der Waals surface area contributed by atoms with Gasteiger partial charge in [0, 0.05) is 13.1 Å². The quantitative estimate of drug-likeness (QED) is 0.801. The van der Waals surface area contributed by atoms with Crippen LogP contribution in [0, 0.1) is 12.7 Å². The van der Waals surface area contributed by atoms with E-state index in [1.165, 1.54) is 18.2 Å². The zero-order valence-corrected chi connectivity index (χ0v) is 13.1. The molecule has 22 heavy (non-hydrogen) atoms. The van der Waals surface area contributed by atoms with Gasteiger partial charge in [0.05, 0.1) is 10.6 Å². The molecule has 1 aromatic carbocycles. The highest BCUT2D eigenvalue weighted by atomic mass is 35.5. The summed E-state index contributed by atoms with van der Waals surface area (Å²) in [6, 6.07) is 4.29. The Morgan fingerprint density at radius 3 is 2.86 bits per heavy atom. The fourth-order valence-corrected chi connectivity index (χ4v) is 2.32. The number of carbonyl (C=O) groups excluding carboxylic acids is 1. The lowest BCUT2D eigenvalue weighted by Gasteiger charge is -2.07. The molecule has 2 N–H and O–H groups in total. The highest BCUT2D eigenvalue weighted by Crippen LogP contribution is 2.33. The molecule has 5 nitrogen and oxygen atoms in total. The molecule has 7 heteroatoms. The standard InChI is InChI=1S/C15H17ClFN3O2/c1-3-18-7-8-19-15(21)12-9(2)22-20-14(12)13-10(16)5-4-6-11(13)17/h4-6,18H,3,7-8H2,1-2H3,(H,19,21). The van der Waals surface area contributed by atoms with E-state index in [0.29, 0.717) is 18.8 Å². The summed E-state index contributed by atoms with van der Waals surface area (Å²) >= 11 is 6.03. The van der Waals surface area contributed by atoms with Gasteiger partial charge in [0.2, 0.25) is 0 Å². The first kappa shape index (κ1) is 16.5. The largest absolute Gasteiger partial charge is 0.360 e. The maximum atomic E-state index is 14.0. The number of benzene rings is 1. The van der Waals surface area contributed by atoms with Gasteiger partial charge in [-0.05, 0) is 25.6 Å². The number of likely N-dealkylation sites (N-methyl/N-ethyl adjacent to an activating group) is 1. The normalized spacial score (nSPS) is 10.7. The molecule has 2 rings (SSSR count). The Labute approximate surface area is 132 Å². The molecule has 0 fully saturated rings. The van der Waals surface area contributed by atoms with Crippen LogP contribution in [-0.2, 0) is 0 Å². The number of aromatic nitrogens is 1. The lowest BCUT2D eigenvalue weighted by molar-refractivity contribution is 0.0953. The van der Waals surface area contributed by atoms with Crippen molar-refractivity contribution < 1.29 is 13.7 Å². The lowest BCUT2D eigenvalue weighted by Crippen LogP contribution is -2.32. The molecule has 0 spiro atoms. The van der Waals surface area contributed by atoms with E-state index in [4.69, 9.17) is 16.1 Å². The minimum Gasteiger partial charge on any atom is -0.360 e. The zero-order valence-electron chi connectivity index (χ0n) is 12.4. The fraction of sp³-hybridized carbons (Fsp3) is 0.333. The molecule has 0 unspecified atom stereocenters. The van der Waals surface area contributed by atoms with E-state index in [2.05, 4.69) is 15.8 Å². The molecule has 0 saturated carbocycles. The van der Waals surface area contributed by atoms with Crippen molar-refractivity contribution >= 4 is 17.5 Å². The number of amides is 1. The van der Waals surface area contributed by atoms with Crippen LogP contribution in [0.5, 0.6) is 0 Å². The van der Waals surface area contributed by atoms with E-state index in [9.17, 15) is 9.18 Å². The number of carbonyl (C=O) groups is 1. The van der Waals surface area contributed by atoms with Crippen LogP contribution in [0.3, 0.4) is 0 Å². The molecule has 0 aliphatic heterocycles. The molecule has 1 heterocycles. The van der Waals surface area contributed by atoms with Crippen molar-refractivity contribution in [2.24, 2.45) is 0 Å². The molecule has 118 valence electrons. The third kappa shape index (κ3) is 3.45. The van der Waals surface area contributed by atoms with Crippen LogP contribution in [0.2, 0.25) is 5.02 Å². The summed E-state index contributed by atoms with van der Waals surface area (Å²) in [5, 5.41) is 9.81. The van der Waals surface area contributed by atoms with Crippen LogP contribution in [0.1, 0.15) is 23.0 Å². The summed E-state index contributed by atoms with van der Waals surface area (Å²) < 4.78 is 19.1. The zero-order chi connectivity index (χ0) is 16.1. The molecule has 0 saturated heterocycles. The summed E-state index contributed by atoms with van der Waals surface area (Å²) in [5.74, 6) is -0.608. The Hall–Kier alpha value is -1.92. The van der Waals surface area contributed by atoms with Gasteiger partial charge in [-0.15, -0.1) is 0 Å². The number of aryl methyl sites for hydroxylation is 1. The number of halogens is 2. The van der Waals surface area contributed by atoms with Crippen molar-refractivity contribution in [2.45, 2.75) is 13.8 Å². The molecule has 0 radical (unpaired) electrons. The Kier molecular flexibility index (Phi) is 5.51. The molecule has 2 aromatic rings. The van der Waals surface area contributed by atoms with Crippen LogP contribution in [0.15, 0.2) is 22.7 Å². The minimum absolute atomic E-state index is 0.0675. The van der Waals surface area contributed by atoms with Gasteiger partial charge in [0.1, 0.15) is 22.8 Å².